The molecule has 0 aliphatic carbocycles. The first-order valence-electron chi connectivity index (χ1n) is 10.4. The number of nitrogens with one attached hydrogen (secondary N) is 1. The molecule has 2 atom stereocenters. The van der Waals surface area contributed by atoms with E-state index in [-0.39, 0.29) is 11.9 Å². The highest BCUT2D eigenvalue weighted by atomic mass is 35.5. The van der Waals surface area contributed by atoms with Crippen LogP contribution >= 0.6 is 11.6 Å². The van der Waals surface area contributed by atoms with Crippen LogP contribution in [0.3, 0.4) is 0 Å². The van der Waals surface area contributed by atoms with Gasteiger partial charge in [-0.15, -0.1) is 0 Å². The lowest BCUT2D eigenvalue weighted by molar-refractivity contribution is 0.0534. The van der Waals surface area contributed by atoms with Crippen molar-refractivity contribution in [3.05, 3.63) is 65.5 Å². The molecule has 1 unspecified atom stereocenters. The van der Waals surface area contributed by atoms with Crippen molar-refractivity contribution in [3.63, 3.8) is 0 Å². The molecule has 1 aliphatic heterocycles. The number of hydrogen-bond acceptors (Lipinski definition) is 6. The zero-order chi connectivity index (χ0) is 21.8. The summed E-state index contributed by atoms with van der Waals surface area (Å²) in [7, 11) is 0. The second kappa shape index (κ2) is 9.39. The maximum absolute atomic E-state index is 13.7. The molecule has 1 fully saturated rings. The van der Waals surface area contributed by atoms with Gasteiger partial charge in [0.05, 0.1) is 23.5 Å². The Hall–Kier alpha value is -3.06. The summed E-state index contributed by atoms with van der Waals surface area (Å²) in [5.41, 5.74) is 2.96. The standard InChI is InChI=1S/C23H25ClN6O/c1-15-5-4-10-30(20(15)14-28-23-26-12-18(24)13-27-23)22(31)21-19(8-7-16(2)29-21)17-6-3-9-25-11-17/h3,6-9,11-13,15,20H,4-5,10,14H2,1-2H3,(H,26,27,28)/t15-,20?/m1/s1. The topological polar surface area (TPSA) is 83.9 Å². The average Bonchev–Trinajstić information content (AvgIpc) is 2.79. The largest absolute Gasteiger partial charge is 0.352 e. The number of halogens is 1. The van der Waals surface area contributed by atoms with Crippen molar-refractivity contribution < 1.29 is 4.79 Å². The third kappa shape index (κ3) is 4.82. The van der Waals surface area contributed by atoms with Crippen LogP contribution in [0.2, 0.25) is 5.02 Å². The smallest absolute Gasteiger partial charge is 0.273 e. The monoisotopic (exact) mass is 436 g/mol. The van der Waals surface area contributed by atoms with Crippen LogP contribution in [0.15, 0.2) is 49.1 Å². The number of aryl methyl sites for hydroxylation is 1. The molecule has 0 aromatic carbocycles. The number of piperidine rings is 1. The summed E-state index contributed by atoms with van der Waals surface area (Å²) in [6, 6.07) is 7.70. The van der Waals surface area contributed by atoms with E-state index in [1.54, 1.807) is 24.8 Å². The number of carbonyl (C=O) groups excluding carboxylic acids is 1. The minimum atomic E-state index is -0.0575. The second-order valence-electron chi connectivity index (χ2n) is 7.88. The van der Waals surface area contributed by atoms with Crippen LogP contribution in [0.4, 0.5) is 5.95 Å². The molecule has 1 amide bonds. The third-order valence-corrected chi connectivity index (χ3v) is 5.87. The Kier molecular flexibility index (Phi) is 6.42. The van der Waals surface area contributed by atoms with E-state index in [1.165, 1.54) is 0 Å². The van der Waals surface area contributed by atoms with Gasteiger partial charge in [-0.25, -0.2) is 15.0 Å². The van der Waals surface area contributed by atoms with Crippen molar-refractivity contribution in [2.24, 2.45) is 5.92 Å². The summed E-state index contributed by atoms with van der Waals surface area (Å²) < 4.78 is 0. The van der Waals surface area contributed by atoms with Crippen molar-refractivity contribution in [1.82, 2.24) is 24.8 Å². The van der Waals surface area contributed by atoms with Gasteiger partial charge in [0.25, 0.3) is 5.91 Å². The van der Waals surface area contributed by atoms with Gasteiger partial charge in [0.2, 0.25) is 5.95 Å². The SMILES string of the molecule is Cc1ccc(-c2cccnc2)c(C(=O)N2CCC[C@@H](C)C2CNc2ncc(Cl)cn2)n1. The fourth-order valence-corrected chi connectivity index (χ4v) is 4.12. The van der Waals surface area contributed by atoms with Crippen LogP contribution in [0.5, 0.6) is 0 Å². The van der Waals surface area contributed by atoms with Gasteiger partial charge in [-0.2, -0.15) is 0 Å². The Morgan fingerprint density at radius 3 is 2.77 bits per heavy atom. The van der Waals surface area contributed by atoms with E-state index in [2.05, 4.69) is 32.2 Å². The Bertz CT molecular complexity index is 1040. The molecule has 3 aromatic heterocycles. The summed E-state index contributed by atoms with van der Waals surface area (Å²) >= 11 is 5.88. The average molecular weight is 437 g/mol. The van der Waals surface area contributed by atoms with Crippen LogP contribution in [-0.2, 0) is 0 Å². The van der Waals surface area contributed by atoms with Crippen molar-refractivity contribution in [2.75, 3.05) is 18.4 Å². The number of likely N-dealkylation sites (tertiary alicyclic amines) is 1. The number of rotatable bonds is 5. The van der Waals surface area contributed by atoms with Gasteiger partial charge in [0, 0.05) is 42.3 Å². The maximum Gasteiger partial charge on any atom is 0.273 e. The van der Waals surface area contributed by atoms with E-state index in [4.69, 9.17) is 11.6 Å². The van der Waals surface area contributed by atoms with E-state index in [9.17, 15) is 4.79 Å². The van der Waals surface area contributed by atoms with E-state index < -0.39 is 0 Å². The molecule has 0 saturated carbocycles. The van der Waals surface area contributed by atoms with Crippen LogP contribution in [0.1, 0.15) is 35.9 Å². The first kappa shape index (κ1) is 21.2. The highest BCUT2D eigenvalue weighted by Gasteiger charge is 2.34. The van der Waals surface area contributed by atoms with Crippen LogP contribution in [0.25, 0.3) is 11.1 Å². The van der Waals surface area contributed by atoms with Gasteiger partial charge < -0.3 is 10.2 Å². The fourth-order valence-electron chi connectivity index (χ4n) is 4.02. The minimum absolute atomic E-state index is 0.00425. The van der Waals surface area contributed by atoms with Gasteiger partial charge in [0.15, 0.2) is 0 Å². The lowest BCUT2D eigenvalue weighted by Gasteiger charge is -2.40. The Morgan fingerprint density at radius 2 is 2.03 bits per heavy atom. The van der Waals surface area contributed by atoms with Crippen molar-refractivity contribution >= 4 is 23.5 Å². The zero-order valence-corrected chi connectivity index (χ0v) is 18.4. The zero-order valence-electron chi connectivity index (χ0n) is 17.6. The summed E-state index contributed by atoms with van der Waals surface area (Å²) in [5.74, 6) is 0.779. The molecule has 8 heteroatoms. The highest BCUT2D eigenvalue weighted by molar-refractivity contribution is 6.30. The molecule has 7 nitrogen and oxygen atoms in total. The van der Waals surface area contributed by atoms with Crippen molar-refractivity contribution in [1.29, 1.82) is 0 Å². The molecule has 160 valence electrons. The Morgan fingerprint density at radius 1 is 1.23 bits per heavy atom. The van der Waals surface area contributed by atoms with Crippen molar-refractivity contribution in [3.8, 4) is 11.1 Å². The first-order valence-corrected chi connectivity index (χ1v) is 10.8. The normalized spacial score (nSPS) is 18.6. The molecule has 3 aromatic rings. The lowest BCUT2D eigenvalue weighted by atomic mass is 9.90. The molecule has 1 saturated heterocycles. The molecular formula is C23H25ClN6O. The van der Waals surface area contributed by atoms with Gasteiger partial charge in [0.1, 0.15) is 5.69 Å². The van der Waals surface area contributed by atoms with Gasteiger partial charge >= 0.3 is 0 Å². The predicted molar refractivity (Wildman–Crippen MR) is 121 cm³/mol. The Balaban J connectivity index is 1.61. The van der Waals surface area contributed by atoms with Crippen LogP contribution < -0.4 is 5.32 Å². The van der Waals surface area contributed by atoms with Gasteiger partial charge in [-0.05, 0) is 37.8 Å². The lowest BCUT2D eigenvalue weighted by Crippen LogP contribution is -2.51. The Labute approximate surface area is 186 Å². The summed E-state index contributed by atoms with van der Waals surface area (Å²) in [5, 5.41) is 3.75. The van der Waals surface area contributed by atoms with Crippen LogP contribution in [0, 0.1) is 12.8 Å². The number of nitrogens with zero attached hydrogens (tertiary/aromatic N) is 5. The minimum Gasteiger partial charge on any atom is -0.352 e. The molecular weight excluding hydrogens is 412 g/mol. The summed E-state index contributed by atoms with van der Waals surface area (Å²) in [6.07, 6.45) is 8.63. The third-order valence-electron chi connectivity index (χ3n) is 5.68. The molecule has 4 rings (SSSR count). The highest BCUT2D eigenvalue weighted by Crippen LogP contribution is 2.28. The molecule has 0 radical (unpaired) electrons. The van der Waals surface area contributed by atoms with E-state index >= 15 is 0 Å². The summed E-state index contributed by atoms with van der Waals surface area (Å²) in [4.78, 5) is 32.9. The predicted octanol–water partition coefficient (Wildman–Crippen LogP) is 4.25. The number of carbonyl (C=O) groups is 1. The van der Waals surface area contributed by atoms with Gasteiger partial charge in [-0.3, -0.25) is 9.78 Å². The molecule has 0 bridgehead atoms. The molecule has 31 heavy (non-hydrogen) atoms. The molecule has 1 aliphatic rings. The maximum atomic E-state index is 13.7. The fraction of sp³-hybridized carbons (Fsp3) is 0.348. The molecule has 0 spiro atoms. The molecule has 1 N–H and O–H groups in total. The first-order chi connectivity index (χ1) is 15.0. The number of aromatic nitrogens is 4. The van der Waals surface area contributed by atoms with Crippen molar-refractivity contribution in [2.45, 2.75) is 32.7 Å². The quantitative estimate of drug-likeness (QED) is 0.643. The van der Waals surface area contributed by atoms with E-state index in [1.807, 2.05) is 36.1 Å². The second-order valence-corrected chi connectivity index (χ2v) is 8.32. The van der Waals surface area contributed by atoms with E-state index in [0.717, 1.165) is 29.7 Å². The van der Waals surface area contributed by atoms with Gasteiger partial charge in [-0.1, -0.05) is 30.7 Å². The number of amides is 1. The number of pyridine rings is 2. The van der Waals surface area contributed by atoms with E-state index in [0.29, 0.717) is 35.7 Å². The summed E-state index contributed by atoms with van der Waals surface area (Å²) in [6.45, 7) is 5.33. The van der Waals surface area contributed by atoms with Crippen LogP contribution in [-0.4, -0.2) is 49.9 Å². The number of anilines is 1. The number of hydrogen-bond donors (Lipinski definition) is 1. The molecule has 4 heterocycles.